The first-order valence-electron chi connectivity index (χ1n) is 10.8. The third-order valence-electron chi connectivity index (χ3n) is 6.14. The van der Waals surface area contributed by atoms with Crippen molar-refractivity contribution in [3.05, 3.63) is 59.3 Å². The van der Waals surface area contributed by atoms with Gasteiger partial charge in [0.15, 0.2) is 0 Å². The number of carbonyl (C=O) groups is 1. The van der Waals surface area contributed by atoms with Crippen LogP contribution in [0.5, 0.6) is 0 Å². The molecular formula is C24H28N4O2. The Labute approximate surface area is 176 Å². The molecule has 1 saturated carbocycles. The number of fused-ring (bicyclic) bond motifs is 1. The van der Waals surface area contributed by atoms with Crippen molar-refractivity contribution in [2.24, 2.45) is 13.0 Å². The first kappa shape index (κ1) is 19.1. The number of pyridine rings is 1. The summed E-state index contributed by atoms with van der Waals surface area (Å²) in [6.45, 7) is 3.73. The van der Waals surface area contributed by atoms with Gasteiger partial charge in [0.2, 0.25) is 0 Å². The topological polar surface area (TPSA) is 59.4 Å². The number of carbonyl (C=O) groups excluding carboxylic acids is 1. The molecule has 6 heteroatoms. The van der Waals surface area contributed by atoms with Gasteiger partial charge in [0.25, 0.3) is 5.91 Å². The molecule has 1 aliphatic carbocycles. The third-order valence-corrected chi connectivity index (χ3v) is 6.14. The van der Waals surface area contributed by atoms with Gasteiger partial charge in [-0.25, -0.2) is 4.98 Å². The number of benzene rings is 1. The van der Waals surface area contributed by atoms with E-state index >= 15 is 0 Å². The van der Waals surface area contributed by atoms with E-state index in [1.165, 1.54) is 18.4 Å². The summed E-state index contributed by atoms with van der Waals surface area (Å²) in [5.74, 6) is 1.50. The van der Waals surface area contributed by atoms with Crippen LogP contribution in [0.15, 0.2) is 42.5 Å². The van der Waals surface area contributed by atoms with Gasteiger partial charge in [-0.2, -0.15) is 0 Å². The fraction of sp³-hybridized carbons (Fsp3) is 0.417. The van der Waals surface area contributed by atoms with Crippen molar-refractivity contribution in [3.63, 3.8) is 0 Å². The highest BCUT2D eigenvalue weighted by molar-refractivity contribution is 6.07. The summed E-state index contributed by atoms with van der Waals surface area (Å²) < 4.78 is 7.63. The molecule has 1 aliphatic heterocycles. The third kappa shape index (κ3) is 3.92. The Balaban J connectivity index is 1.55. The van der Waals surface area contributed by atoms with Gasteiger partial charge >= 0.3 is 0 Å². The van der Waals surface area contributed by atoms with Gasteiger partial charge in [-0.1, -0.05) is 30.3 Å². The second-order valence-electron chi connectivity index (χ2n) is 8.38. The van der Waals surface area contributed by atoms with E-state index < -0.39 is 0 Å². The predicted octanol–water partition coefficient (Wildman–Crippen LogP) is 3.14. The Hall–Kier alpha value is -2.86. The maximum absolute atomic E-state index is 13.1. The number of nitrogens with zero attached hydrogens (tertiary/aromatic N) is 3. The normalized spacial score (nSPS) is 16.8. The van der Waals surface area contributed by atoms with Crippen molar-refractivity contribution in [1.29, 1.82) is 0 Å². The summed E-state index contributed by atoms with van der Waals surface area (Å²) in [7, 11) is 2.04. The zero-order valence-corrected chi connectivity index (χ0v) is 17.4. The Morgan fingerprint density at radius 2 is 1.93 bits per heavy atom. The minimum atomic E-state index is 0.000621. The summed E-state index contributed by atoms with van der Waals surface area (Å²) in [4.78, 5) is 20.3. The number of rotatable bonds is 6. The van der Waals surface area contributed by atoms with Crippen LogP contribution in [0, 0.1) is 5.92 Å². The van der Waals surface area contributed by atoms with Crippen LogP contribution in [0.3, 0.4) is 0 Å². The van der Waals surface area contributed by atoms with Crippen LogP contribution < -0.4 is 10.2 Å². The number of aryl methyl sites for hydroxylation is 1. The van der Waals surface area contributed by atoms with Crippen LogP contribution in [0.1, 0.15) is 34.5 Å². The summed E-state index contributed by atoms with van der Waals surface area (Å²) in [5.41, 5.74) is 3.98. The van der Waals surface area contributed by atoms with Gasteiger partial charge in [0.05, 0.1) is 18.8 Å². The quantitative estimate of drug-likeness (QED) is 0.686. The van der Waals surface area contributed by atoms with Gasteiger partial charge in [-0.3, -0.25) is 4.79 Å². The average molecular weight is 405 g/mol. The molecule has 0 bridgehead atoms. The van der Waals surface area contributed by atoms with Crippen molar-refractivity contribution >= 4 is 22.8 Å². The molecule has 1 N–H and O–H groups in total. The molecular weight excluding hydrogens is 376 g/mol. The molecule has 2 aromatic heterocycles. The van der Waals surface area contributed by atoms with E-state index in [2.05, 4.69) is 45.1 Å². The van der Waals surface area contributed by atoms with Gasteiger partial charge in [-0.15, -0.1) is 0 Å². The molecule has 3 heterocycles. The zero-order chi connectivity index (χ0) is 20.5. The Bertz CT molecular complexity index is 1050. The molecule has 30 heavy (non-hydrogen) atoms. The maximum Gasteiger partial charge on any atom is 0.252 e. The number of hydrogen-bond donors (Lipinski definition) is 1. The first-order chi connectivity index (χ1) is 14.7. The molecule has 0 spiro atoms. The van der Waals surface area contributed by atoms with E-state index in [1.54, 1.807) is 0 Å². The fourth-order valence-electron chi connectivity index (χ4n) is 4.10. The molecule has 1 aromatic carbocycles. The van der Waals surface area contributed by atoms with E-state index in [0.29, 0.717) is 19.1 Å². The zero-order valence-electron chi connectivity index (χ0n) is 17.4. The van der Waals surface area contributed by atoms with E-state index in [4.69, 9.17) is 9.72 Å². The summed E-state index contributed by atoms with van der Waals surface area (Å²) >= 11 is 0. The molecule has 6 nitrogen and oxygen atoms in total. The summed E-state index contributed by atoms with van der Waals surface area (Å²) in [5, 5.41) is 4.07. The van der Waals surface area contributed by atoms with Crippen LogP contribution in [0.25, 0.3) is 11.0 Å². The number of morpholine rings is 1. The van der Waals surface area contributed by atoms with Crippen molar-refractivity contribution in [1.82, 2.24) is 14.9 Å². The highest BCUT2D eigenvalue weighted by Crippen LogP contribution is 2.29. The Kier molecular flexibility index (Phi) is 5.17. The highest BCUT2D eigenvalue weighted by Gasteiger charge is 2.24. The first-order valence-corrected chi connectivity index (χ1v) is 10.8. The molecule has 2 fully saturated rings. The summed E-state index contributed by atoms with van der Waals surface area (Å²) in [6, 6.07) is 14.5. The van der Waals surface area contributed by atoms with Crippen molar-refractivity contribution in [2.45, 2.75) is 19.3 Å². The van der Waals surface area contributed by atoms with Gasteiger partial charge in [0, 0.05) is 44.2 Å². The minimum Gasteiger partial charge on any atom is -0.378 e. The summed E-state index contributed by atoms with van der Waals surface area (Å²) in [6.07, 6.45) is 3.25. The second kappa shape index (κ2) is 8.11. The van der Waals surface area contributed by atoms with E-state index in [1.807, 2.05) is 19.2 Å². The van der Waals surface area contributed by atoms with Crippen LogP contribution in [-0.4, -0.2) is 48.3 Å². The number of anilines is 1. The van der Waals surface area contributed by atoms with Crippen LogP contribution in [0.2, 0.25) is 0 Å². The van der Waals surface area contributed by atoms with Crippen molar-refractivity contribution in [3.8, 4) is 0 Å². The molecule has 156 valence electrons. The van der Waals surface area contributed by atoms with Gasteiger partial charge in [0.1, 0.15) is 11.5 Å². The predicted molar refractivity (Wildman–Crippen MR) is 118 cm³/mol. The largest absolute Gasteiger partial charge is 0.378 e. The van der Waals surface area contributed by atoms with Crippen LogP contribution >= 0.6 is 0 Å². The molecule has 3 aromatic rings. The monoisotopic (exact) mass is 404 g/mol. The van der Waals surface area contributed by atoms with Crippen LogP contribution in [0.4, 0.5) is 5.82 Å². The van der Waals surface area contributed by atoms with Gasteiger partial charge in [-0.05, 0) is 36.5 Å². The Morgan fingerprint density at radius 3 is 2.67 bits per heavy atom. The van der Waals surface area contributed by atoms with E-state index in [9.17, 15) is 4.79 Å². The average Bonchev–Trinajstić information content (AvgIpc) is 3.57. The van der Waals surface area contributed by atoms with Gasteiger partial charge < -0.3 is 19.5 Å². The standard InChI is InChI=1S/C24H28N4O2/c1-27-19(13-17-5-3-2-4-6-17)14-20-21(24(29)25-16-18-7-8-18)15-22(26-23(20)27)28-9-11-30-12-10-28/h2-6,14-15,18H,7-13,16H2,1H3,(H,25,29). The lowest BCUT2D eigenvalue weighted by Crippen LogP contribution is -2.37. The Morgan fingerprint density at radius 1 is 1.17 bits per heavy atom. The minimum absolute atomic E-state index is 0.000621. The molecule has 0 atom stereocenters. The van der Waals surface area contributed by atoms with Crippen molar-refractivity contribution < 1.29 is 9.53 Å². The lowest BCUT2D eigenvalue weighted by molar-refractivity contribution is 0.0953. The fourth-order valence-corrected chi connectivity index (χ4v) is 4.10. The number of nitrogens with one attached hydrogen (secondary N) is 1. The number of amides is 1. The number of aromatic nitrogens is 2. The second-order valence-corrected chi connectivity index (χ2v) is 8.38. The molecule has 5 rings (SSSR count). The number of ether oxygens (including phenoxy) is 1. The van der Waals surface area contributed by atoms with Crippen molar-refractivity contribution in [2.75, 3.05) is 37.7 Å². The highest BCUT2D eigenvalue weighted by atomic mass is 16.5. The number of hydrogen-bond acceptors (Lipinski definition) is 4. The maximum atomic E-state index is 13.1. The van der Waals surface area contributed by atoms with Crippen LogP contribution in [-0.2, 0) is 18.2 Å². The molecule has 2 aliphatic rings. The van der Waals surface area contributed by atoms with E-state index in [0.717, 1.165) is 54.2 Å². The lowest BCUT2D eigenvalue weighted by Gasteiger charge is -2.28. The SMILES string of the molecule is Cn1c(Cc2ccccc2)cc2c(C(=O)NCC3CC3)cc(N3CCOCC3)nc21. The molecule has 1 amide bonds. The molecule has 1 saturated heterocycles. The smallest absolute Gasteiger partial charge is 0.252 e. The molecule has 0 radical (unpaired) electrons. The van der Waals surface area contributed by atoms with E-state index in [-0.39, 0.29) is 5.91 Å². The lowest BCUT2D eigenvalue weighted by atomic mass is 10.1. The molecule has 0 unspecified atom stereocenters.